The van der Waals surface area contributed by atoms with Gasteiger partial charge in [0.15, 0.2) is 0 Å². The number of hydrogen-bond donors (Lipinski definition) is 0. The summed E-state index contributed by atoms with van der Waals surface area (Å²) in [6.45, 7) is 21.4. The van der Waals surface area contributed by atoms with Crippen LogP contribution < -0.4 is 0 Å². The van der Waals surface area contributed by atoms with Crippen LogP contribution in [0, 0.1) is 11.8 Å². The van der Waals surface area contributed by atoms with Gasteiger partial charge in [0.05, 0.1) is 12.5 Å². The molecule has 0 heterocycles. The van der Waals surface area contributed by atoms with E-state index in [1.165, 1.54) is 238 Å². The summed E-state index contributed by atoms with van der Waals surface area (Å²) < 4.78 is 6.13. The molecule has 1 rings (SSSR count). The van der Waals surface area contributed by atoms with Crippen LogP contribution in [0.25, 0.3) is 0 Å². The zero-order chi connectivity index (χ0) is 47.8. The summed E-state index contributed by atoms with van der Waals surface area (Å²) in [6, 6.07) is 0. The predicted molar refractivity (Wildman–Crippen MR) is 290 cm³/mol. The van der Waals surface area contributed by atoms with Crippen molar-refractivity contribution in [3.63, 3.8) is 0 Å². The van der Waals surface area contributed by atoms with Crippen LogP contribution in [0.4, 0.5) is 0 Å². The molecule has 1 saturated carbocycles. The zero-order valence-electron chi connectivity index (χ0n) is 45.8. The molecule has 1 fully saturated rings. The normalized spacial score (nSPS) is 15.6. The van der Waals surface area contributed by atoms with E-state index in [1.807, 2.05) is 0 Å². The first-order valence-corrected chi connectivity index (χ1v) is 30.3. The van der Waals surface area contributed by atoms with Crippen LogP contribution in [0.3, 0.4) is 0 Å². The predicted octanol–water partition coefficient (Wildman–Crippen LogP) is 17.3. The summed E-state index contributed by atoms with van der Waals surface area (Å²) in [7, 11) is 0. The summed E-state index contributed by atoms with van der Waals surface area (Å²) in [5.74, 6) is 0.855. The van der Waals surface area contributed by atoms with Crippen LogP contribution in [-0.4, -0.2) is 92.0 Å². The molecule has 392 valence electrons. The van der Waals surface area contributed by atoms with Gasteiger partial charge in [-0.15, -0.1) is 0 Å². The molecule has 0 saturated heterocycles. The molecular formula is C60H119N3O3. The van der Waals surface area contributed by atoms with Gasteiger partial charge < -0.3 is 9.64 Å². The Labute approximate surface area is 414 Å². The minimum Gasteiger partial charge on any atom is -0.464 e. The molecule has 0 amide bonds. The molecule has 0 radical (unpaired) electrons. The number of esters is 1. The van der Waals surface area contributed by atoms with E-state index in [0.717, 1.165) is 71.4 Å². The number of unbranched alkanes of at least 4 members (excludes halogenated alkanes) is 30. The molecular weight excluding hydrogens is 811 g/mol. The second-order valence-corrected chi connectivity index (χ2v) is 21.5. The number of ether oxygens (including phenoxy) is 1. The van der Waals surface area contributed by atoms with Crippen molar-refractivity contribution >= 4 is 11.8 Å². The zero-order valence-corrected chi connectivity index (χ0v) is 45.8. The largest absolute Gasteiger partial charge is 0.464 e. The third-order valence-corrected chi connectivity index (χ3v) is 15.1. The molecule has 1 aliphatic carbocycles. The number of rotatable bonds is 51. The van der Waals surface area contributed by atoms with E-state index in [-0.39, 0.29) is 11.9 Å². The number of carbonyl (C=O) groups excluding carboxylic acids is 2. The standard InChI is InChI=1S/C60H119N3O3/c1-6-11-16-21-26-31-36-46-61(47-37-32-27-22-17-12-7-2)51-52-62(48-38-33-28-23-18-13-8-3)53-54-66-60(65)58-43-41-42-57(44-45-58)55-59(64)56-63(49-39-34-29-24-19-14-9-4)50-40-35-30-25-20-15-10-5/h57-58H,6-56H2,1-5H3. The second-order valence-electron chi connectivity index (χ2n) is 21.5. The first kappa shape index (κ1) is 63.0. The van der Waals surface area contributed by atoms with Gasteiger partial charge in [-0.05, 0) is 96.4 Å². The van der Waals surface area contributed by atoms with Crippen molar-refractivity contribution < 1.29 is 14.3 Å². The van der Waals surface area contributed by atoms with Gasteiger partial charge in [0.1, 0.15) is 12.4 Å². The minimum atomic E-state index is -0.00717. The quantitative estimate of drug-likeness (QED) is 0.0344. The van der Waals surface area contributed by atoms with Crippen molar-refractivity contribution in [2.24, 2.45) is 11.8 Å². The van der Waals surface area contributed by atoms with E-state index < -0.39 is 0 Å². The monoisotopic (exact) mass is 930 g/mol. The molecule has 0 spiro atoms. The lowest BCUT2D eigenvalue weighted by Gasteiger charge is -2.28. The van der Waals surface area contributed by atoms with Crippen LogP contribution in [0.2, 0.25) is 0 Å². The summed E-state index contributed by atoms with van der Waals surface area (Å²) in [6.07, 6.45) is 52.5. The fourth-order valence-corrected chi connectivity index (χ4v) is 10.5. The maximum Gasteiger partial charge on any atom is 0.308 e. The van der Waals surface area contributed by atoms with Gasteiger partial charge in [0.25, 0.3) is 0 Å². The van der Waals surface area contributed by atoms with Crippen molar-refractivity contribution in [2.75, 3.05) is 65.5 Å². The highest BCUT2D eigenvalue weighted by Gasteiger charge is 2.27. The van der Waals surface area contributed by atoms with E-state index in [0.29, 0.717) is 31.3 Å². The Hall–Kier alpha value is -0.980. The highest BCUT2D eigenvalue weighted by molar-refractivity contribution is 5.80. The fraction of sp³-hybridized carbons (Fsp3) is 0.967. The minimum absolute atomic E-state index is 0.00717. The van der Waals surface area contributed by atoms with Crippen molar-refractivity contribution in [1.82, 2.24) is 14.7 Å². The average molecular weight is 931 g/mol. The molecule has 6 nitrogen and oxygen atoms in total. The summed E-state index contributed by atoms with van der Waals surface area (Å²) >= 11 is 0. The molecule has 2 unspecified atom stereocenters. The molecule has 0 aromatic rings. The molecule has 0 aliphatic heterocycles. The average Bonchev–Trinajstić information content (AvgIpc) is 3.56. The molecule has 0 bridgehead atoms. The van der Waals surface area contributed by atoms with Gasteiger partial charge in [0.2, 0.25) is 0 Å². The summed E-state index contributed by atoms with van der Waals surface area (Å²) in [4.78, 5) is 35.1. The van der Waals surface area contributed by atoms with Gasteiger partial charge in [-0.3, -0.25) is 19.4 Å². The van der Waals surface area contributed by atoms with Crippen molar-refractivity contribution in [1.29, 1.82) is 0 Å². The highest BCUT2D eigenvalue weighted by Crippen LogP contribution is 2.30. The third-order valence-electron chi connectivity index (χ3n) is 15.1. The molecule has 0 aromatic carbocycles. The van der Waals surface area contributed by atoms with Crippen LogP contribution in [-0.2, 0) is 14.3 Å². The van der Waals surface area contributed by atoms with Crippen LogP contribution in [0.5, 0.6) is 0 Å². The third kappa shape index (κ3) is 39.8. The lowest BCUT2D eigenvalue weighted by atomic mass is 9.93. The second kappa shape index (κ2) is 49.0. The Kier molecular flexibility index (Phi) is 46.8. The Balaban J connectivity index is 2.69. The molecule has 6 heteroatoms. The highest BCUT2D eigenvalue weighted by atomic mass is 16.5. The van der Waals surface area contributed by atoms with E-state index in [9.17, 15) is 9.59 Å². The lowest BCUT2D eigenvalue weighted by molar-refractivity contribution is -0.149. The number of nitrogens with zero attached hydrogens (tertiary/aromatic N) is 3. The van der Waals surface area contributed by atoms with Crippen molar-refractivity contribution in [2.45, 2.75) is 298 Å². The van der Waals surface area contributed by atoms with Gasteiger partial charge in [-0.25, -0.2) is 0 Å². The maximum absolute atomic E-state index is 13.6. The van der Waals surface area contributed by atoms with Crippen LogP contribution in [0.15, 0.2) is 0 Å². The summed E-state index contributed by atoms with van der Waals surface area (Å²) in [5, 5.41) is 0. The number of carbonyl (C=O) groups is 2. The number of Topliss-reactive ketones (excluding diaryl/α,β-unsaturated/α-hetero) is 1. The van der Waals surface area contributed by atoms with E-state index in [2.05, 4.69) is 49.3 Å². The van der Waals surface area contributed by atoms with E-state index in [1.54, 1.807) is 0 Å². The first-order valence-electron chi connectivity index (χ1n) is 30.3. The van der Waals surface area contributed by atoms with Gasteiger partial charge in [0, 0.05) is 26.1 Å². The van der Waals surface area contributed by atoms with E-state index >= 15 is 0 Å². The fourth-order valence-electron chi connectivity index (χ4n) is 10.5. The lowest BCUT2D eigenvalue weighted by Crippen LogP contribution is -2.38. The molecule has 0 aromatic heterocycles. The smallest absolute Gasteiger partial charge is 0.308 e. The number of hydrogen-bond acceptors (Lipinski definition) is 6. The van der Waals surface area contributed by atoms with Gasteiger partial charge in [-0.2, -0.15) is 0 Å². The Morgan fingerprint density at radius 1 is 0.364 bits per heavy atom. The van der Waals surface area contributed by atoms with Gasteiger partial charge in [-0.1, -0.05) is 234 Å². The topological polar surface area (TPSA) is 53.1 Å². The Morgan fingerprint density at radius 3 is 1.08 bits per heavy atom. The molecule has 1 aliphatic rings. The van der Waals surface area contributed by atoms with E-state index in [4.69, 9.17) is 4.74 Å². The molecule has 66 heavy (non-hydrogen) atoms. The van der Waals surface area contributed by atoms with Crippen LogP contribution >= 0.6 is 0 Å². The van der Waals surface area contributed by atoms with Gasteiger partial charge >= 0.3 is 5.97 Å². The first-order chi connectivity index (χ1) is 32.5. The van der Waals surface area contributed by atoms with Crippen molar-refractivity contribution in [3.05, 3.63) is 0 Å². The molecule has 0 N–H and O–H groups in total. The Morgan fingerprint density at radius 2 is 0.697 bits per heavy atom. The molecule has 2 atom stereocenters. The van der Waals surface area contributed by atoms with Crippen molar-refractivity contribution in [3.8, 4) is 0 Å². The SMILES string of the molecule is CCCCCCCCCN(CCCCCCCCC)CCN(CCCCCCCCC)CCOC(=O)C1CCCC(CC(=O)CN(CCCCCCCCC)CCCCCCCCC)CC1. The number of ketones is 1. The Bertz CT molecular complexity index is 987. The summed E-state index contributed by atoms with van der Waals surface area (Å²) in [5.41, 5.74) is 0. The van der Waals surface area contributed by atoms with Crippen LogP contribution in [0.1, 0.15) is 298 Å². The maximum atomic E-state index is 13.6.